The first-order valence-electron chi connectivity index (χ1n) is 10.1. The van der Waals surface area contributed by atoms with Gasteiger partial charge >= 0.3 is 0 Å². The highest BCUT2D eigenvalue weighted by Gasteiger charge is 2.51. The fourth-order valence-corrected chi connectivity index (χ4v) is 4.67. The number of carbonyl (C=O) groups is 1. The molecular formula is C20H21N9O. The number of aryl methyl sites for hydroxylation is 1. The van der Waals surface area contributed by atoms with Gasteiger partial charge in [-0.3, -0.25) is 9.69 Å². The maximum atomic E-state index is 11.9. The van der Waals surface area contributed by atoms with Gasteiger partial charge in [-0.15, -0.1) is 0 Å². The second kappa shape index (κ2) is 5.97. The topological polar surface area (TPSA) is 104 Å². The monoisotopic (exact) mass is 403 g/mol. The molecule has 1 spiro atoms. The molecule has 10 heteroatoms. The maximum Gasteiger partial charge on any atom is 0.229 e. The lowest BCUT2D eigenvalue weighted by Gasteiger charge is -2.39. The third-order valence-electron chi connectivity index (χ3n) is 6.42. The van der Waals surface area contributed by atoms with Gasteiger partial charge in [-0.05, 0) is 31.4 Å². The highest BCUT2D eigenvalue weighted by Crippen LogP contribution is 2.47. The summed E-state index contributed by atoms with van der Waals surface area (Å²) in [4.78, 5) is 34.5. The van der Waals surface area contributed by atoms with Crippen molar-refractivity contribution in [3.05, 3.63) is 30.4 Å². The number of Topliss-reactive ketones (excluding diaryl/α,β-unsaturated/α-hetero) is 1. The van der Waals surface area contributed by atoms with Crippen molar-refractivity contribution >= 4 is 40.5 Å². The zero-order valence-electron chi connectivity index (χ0n) is 16.8. The Balaban J connectivity index is 1.38. The van der Waals surface area contributed by atoms with E-state index in [9.17, 15) is 4.79 Å². The van der Waals surface area contributed by atoms with Gasteiger partial charge in [-0.1, -0.05) is 0 Å². The minimum Gasteiger partial charge on any atom is -0.323 e. The Bertz CT molecular complexity index is 1220. The van der Waals surface area contributed by atoms with Crippen LogP contribution in [0.25, 0.3) is 5.65 Å². The number of hydrogen-bond donors (Lipinski definition) is 1. The first-order chi connectivity index (χ1) is 14.5. The molecule has 3 aliphatic rings. The molecule has 2 aliphatic heterocycles. The van der Waals surface area contributed by atoms with E-state index in [-0.39, 0.29) is 5.54 Å². The molecule has 1 saturated carbocycles. The Morgan fingerprint density at radius 3 is 2.87 bits per heavy atom. The van der Waals surface area contributed by atoms with Crippen LogP contribution in [-0.4, -0.2) is 55.4 Å². The molecule has 3 aromatic rings. The van der Waals surface area contributed by atoms with E-state index in [0.717, 1.165) is 47.2 Å². The molecule has 0 aromatic carbocycles. The zero-order chi connectivity index (χ0) is 20.5. The van der Waals surface area contributed by atoms with Crippen molar-refractivity contribution in [2.75, 3.05) is 28.7 Å². The second-order valence-corrected chi connectivity index (χ2v) is 8.23. The van der Waals surface area contributed by atoms with Crippen LogP contribution in [0.15, 0.2) is 29.8 Å². The van der Waals surface area contributed by atoms with Gasteiger partial charge in [0.25, 0.3) is 0 Å². The van der Waals surface area contributed by atoms with Gasteiger partial charge < -0.3 is 10.2 Å². The average molecular weight is 403 g/mol. The molecule has 0 saturated heterocycles. The summed E-state index contributed by atoms with van der Waals surface area (Å²) in [5, 5.41) is 7.53. The fraction of sp³-hybridized carbons (Fsp3) is 0.400. The van der Waals surface area contributed by atoms with Crippen molar-refractivity contribution in [1.82, 2.24) is 24.6 Å². The standard InChI is InChI=1S/C20H21N9O/c1-12-7-16-23-11-24-28(16)9-14(12)25-18-21-8-15-17(26-18)29-19(27(15)2)22-10-20(29)5-3-13(30)4-6-20/h7-9,11H,3-6,10H2,1-2H3,(H,21,25,26). The third kappa shape index (κ3) is 2.36. The Morgan fingerprint density at radius 1 is 1.20 bits per heavy atom. The number of aromatic nitrogens is 5. The number of nitrogens with zero attached hydrogens (tertiary/aromatic N) is 8. The van der Waals surface area contributed by atoms with Crippen molar-refractivity contribution in [3.63, 3.8) is 0 Å². The number of ketones is 1. The van der Waals surface area contributed by atoms with Crippen LogP contribution in [-0.2, 0) is 4.79 Å². The number of fused-ring (bicyclic) bond motifs is 5. The Labute approximate surface area is 172 Å². The molecule has 10 nitrogen and oxygen atoms in total. The molecule has 6 rings (SSSR count). The lowest BCUT2D eigenvalue weighted by atomic mass is 9.80. The van der Waals surface area contributed by atoms with E-state index < -0.39 is 0 Å². The summed E-state index contributed by atoms with van der Waals surface area (Å²) in [5.41, 5.74) is 3.46. The van der Waals surface area contributed by atoms with E-state index in [1.165, 1.54) is 6.33 Å². The largest absolute Gasteiger partial charge is 0.323 e. The molecule has 3 aromatic heterocycles. The second-order valence-electron chi connectivity index (χ2n) is 8.23. The van der Waals surface area contributed by atoms with Gasteiger partial charge in [-0.25, -0.2) is 19.5 Å². The summed E-state index contributed by atoms with van der Waals surface area (Å²) in [6.07, 6.45) is 8.07. The molecular weight excluding hydrogens is 382 g/mol. The van der Waals surface area contributed by atoms with Crippen LogP contribution >= 0.6 is 0 Å². The van der Waals surface area contributed by atoms with E-state index in [2.05, 4.69) is 25.3 Å². The van der Waals surface area contributed by atoms with Gasteiger partial charge in [-0.2, -0.15) is 10.1 Å². The summed E-state index contributed by atoms with van der Waals surface area (Å²) < 4.78 is 1.72. The Kier molecular flexibility index (Phi) is 3.45. The van der Waals surface area contributed by atoms with E-state index in [1.54, 1.807) is 4.52 Å². The van der Waals surface area contributed by atoms with Gasteiger partial charge in [0.1, 0.15) is 17.8 Å². The summed E-state index contributed by atoms with van der Waals surface area (Å²) >= 11 is 0. The van der Waals surface area contributed by atoms with Crippen molar-refractivity contribution in [1.29, 1.82) is 0 Å². The van der Waals surface area contributed by atoms with E-state index in [1.807, 2.05) is 37.3 Å². The summed E-state index contributed by atoms with van der Waals surface area (Å²) in [6.45, 7) is 2.71. The van der Waals surface area contributed by atoms with Gasteiger partial charge in [0.05, 0.1) is 30.2 Å². The number of hydrogen-bond acceptors (Lipinski definition) is 9. The molecule has 0 unspecified atom stereocenters. The van der Waals surface area contributed by atoms with Crippen molar-refractivity contribution < 1.29 is 4.79 Å². The Hall–Kier alpha value is -3.56. The van der Waals surface area contributed by atoms with Crippen molar-refractivity contribution in [2.24, 2.45) is 4.99 Å². The van der Waals surface area contributed by atoms with Gasteiger partial charge in [0, 0.05) is 19.9 Å². The predicted molar refractivity (Wildman–Crippen MR) is 112 cm³/mol. The normalized spacial score (nSPS) is 19.4. The first-order valence-corrected chi connectivity index (χ1v) is 10.1. The molecule has 5 heterocycles. The van der Waals surface area contributed by atoms with Crippen molar-refractivity contribution in [3.8, 4) is 0 Å². The highest BCUT2D eigenvalue weighted by atomic mass is 16.1. The van der Waals surface area contributed by atoms with Gasteiger partial charge in [0.15, 0.2) is 11.5 Å². The van der Waals surface area contributed by atoms with E-state index in [0.29, 0.717) is 31.1 Å². The smallest absolute Gasteiger partial charge is 0.229 e. The van der Waals surface area contributed by atoms with Crippen LogP contribution < -0.4 is 15.1 Å². The summed E-state index contributed by atoms with van der Waals surface area (Å²) in [6, 6.07) is 1.97. The number of nitrogens with one attached hydrogen (secondary N) is 1. The van der Waals surface area contributed by atoms with Crippen LogP contribution in [0.4, 0.5) is 23.1 Å². The highest BCUT2D eigenvalue weighted by molar-refractivity contribution is 6.17. The molecule has 0 amide bonds. The van der Waals surface area contributed by atoms with Crippen LogP contribution in [0.3, 0.4) is 0 Å². The van der Waals surface area contributed by atoms with Crippen LogP contribution in [0.1, 0.15) is 31.2 Å². The maximum absolute atomic E-state index is 11.9. The predicted octanol–water partition coefficient (Wildman–Crippen LogP) is 2.08. The molecule has 30 heavy (non-hydrogen) atoms. The quantitative estimate of drug-likeness (QED) is 0.694. The molecule has 0 radical (unpaired) electrons. The van der Waals surface area contributed by atoms with E-state index in [4.69, 9.17) is 9.98 Å². The van der Waals surface area contributed by atoms with E-state index >= 15 is 0 Å². The lowest BCUT2D eigenvalue weighted by Crippen LogP contribution is -2.52. The minimum absolute atomic E-state index is 0.163. The number of pyridine rings is 1. The van der Waals surface area contributed by atoms with Gasteiger partial charge in [0.2, 0.25) is 11.9 Å². The van der Waals surface area contributed by atoms with Crippen LogP contribution in [0, 0.1) is 6.92 Å². The number of aliphatic imine (C=N–C) groups is 1. The molecule has 0 atom stereocenters. The van der Waals surface area contributed by atoms with Crippen LogP contribution in [0.5, 0.6) is 0 Å². The SMILES string of the molecule is Cc1cc2ncnn2cc1Nc1ncc2c(n1)N1C(=NCC13CCC(=O)CC3)N2C. The number of anilines is 4. The number of carbonyl (C=O) groups excluding carboxylic acids is 1. The average Bonchev–Trinajstić information content (AvgIpc) is 3.41. The minimum atomic E-state index is -0.163. The molecule has 152 valence electrons. The molecule has 0 bridgehead atoms. The van der Waals surface area contributed by atoms with Crippen molar-refractivity contribution in [2.45, 2.75) is 38.1 Å². The number of guanidine groups is 1. The first kappa shape index (κ1) is 17.3. The lowest BCUT2D eigenvalue weighted by molar-refractivity contribution is -0.121. The summed E-state index contributed by atoms with van der Waals surface area (Å²) in [5.74, 6) is 2.59. The third-order valence-corrected chi connectivity index (χ3v) is 6.42. The summed E-state index contributed by atoms with van der Waals surface area (Å²) in [7, 11) is 1.99. The Morgan fingerprint density at radius 2 is 2.03 bits per heavy atom. The fourth-order valence-electron chi connectivity index (χ4n) is 4.67. The number of rotatable bonds is 2. The molecule has 1 N–H and O–H groups in total. The zero-order valence-corrected chi connectivity index (χ0v) is 16.8. The van der Waals surface area contributed by atoms with Crippen LogP contribution in [0.2, 0.25) is 0 Å². The molecule has 1 aliphatic carbocycles. The molecule has 1 fully saturated rings.